The lowest BCUT2D eigenvalue weighted by atomic mass is 10.2. The van der Waals surface area contributed by atoms with E-state index in [9.17, 15) is 30.4 Å². The maximum absolute atomic E-state index is 13.1. The fourth-order valence-corrected chi connectivity index (χ4v) is 3.77. The van der Waals surface area contributed by atoms with Crippen LogP contribution in [0.3, 0.4) is 0 Å². The van der Waals surface area contributed by atoms with Crippen molar-refractivity contribution in [1.29, 1.82) is 0 Å². The highest BCUT2D eigenvalue weighted by Gasteiger charge is 2.42. The molecule has 1 aliphatic rings. The molecule has 0 saturated carbocycles. The number of rotatable bonds is 5. The smallest absolute Gasteiger partial charge is 0.417 e. The third-order valence-electron chi connectivity index (χ3n) is 3.06. The first kappa shape index (κ1) is 16.9. The maximum Gasteiger partial charge on any atom is 0.417 e. The van der Waals surface area contributed by atoms with E-state index in [0.717, 1.165) is 16.4 Å². The van der Waals surface area contributed by atoms with E-state index in [1.807, 2.05) is 0 Å². The van der Waals surface area contributed by atoms with Crippen LogP contribution in [0.4, 0.5) is 22.0 Å². The first-order valence-corrected chi connectivity index (χ1v) is 7.69. The van der Waals surface area contributed by atoms with Crippen molar-refractivity contribution in [3.8, 4) is 5.75 Å². The molecule has 124 valence electrons. The quantitative estimate of drug-likeness (QED) is 0.771. The van der Waals surface area contributed by atoms with Gasteiger partial charge in [0.15, 0.2) is 0 Å². The lowest BCUT2D eigenvalue weighted by Gasteiger charge is -2.31. The lowest BCUT2D eigenvalue weighted by molar-refractivity contribution is -0.140. The van der Waals surface area contributed by atoms with E-state index in [1.165, 1.54) is 0 Å². The predicted molar refractivity (Wildman–Crippen MR) is 66.3 cm³/mol. The number of sulfonamides is 1. The predicted octanol–water partition coefficient (Wildman–Crippen LogP) is 2.74. The van der Waals surface area contributed by atoms with Crippen molar-refractivity contribution in [2.45, 2.75) is 23.9 Å². The zero-order chi connectivity index (χ0) is 16.5. The molecule has 0 aromatic heterocycles. The summed E-state index contributed by atoms with van der Waals surface area (Å²) in [5.41, 5.74) is -1.42. The van der Waals surface area contributed by atoms with Crippen LogP contribution in [-0.4, -0.2) is 38.8 Å². The van der Waals surface area contributed by atoms with Crippen LogP contribution in [0.5, 0.6) is 5.75 Å². The minimum Gasteiger partial charge on any atom is -0.486 e. The van der Waals surface area contributed by atoms with Gasteiger partial charge >= 0.3 is 6.18 Å². The average molecular weight is 345 g/mol. The SMILES string of the molecule is O=S(=O)(c1c(OCC(F)F)cccc1C(F)(F)F)N1CCC1. The third kappa shape index (κ3) is 3.32. The van der Waals surface area contributed by atoms with Crippen LogP contribution in [0, 0.1) is 0 Å². The van der Waals surface area contributed by atoms with Crippen molar-refractivity contribution < 1.29 is 35.1 Å². The highest BCUT2D eigenvalue weighted by atomic mass is 32.2. The van der Waals surface area contributed by atoms with Crippen LogP contribution < -0.4 is 4.74 Å². The second-order valence-electron chi connectivity index (χ2n) is 4.59. The zero-order valence-corrected chi connectivity index (χ0v) is 11.9. The van der Waals surface area contributed by atoms with E-state index < -0.39 is 45.4 Å². The van der Waals surface area contributed by atoms with Crippen molar-refractivity contribution in [3.05, 3.63) is 23.8 Å². The van der Waals surface area contributed by atoms with Crippen LogP contribution in [0.15, 0.2) is 23.1 Å². The molecule has 1 saturated heterocycles. The standard InChI is InChI=1S/C12H12F5NO3S/c13-10(14)7-21-9-4-1-3-8(12(15,16)17)11(9)22(19,20)18-5-2-6-18/h1,3-4,10H,2,5-7H2. The first-order chi connectivity index (χ1) is 10.1. The summed E-state index contributed by atoms with van der Waals surface area (Å²) in [6.45, 7) is -1.02. The van der Waals surface area contributed by atoms with E-state index >= 15 is 0 Å². The van der Waals surface area contributed by atoms with Crippen LogP contribution in [0.2, 0.25) is 0 Å². The summed E-state index contributed by atoms with van der Waals surface area (Å²) in [6.07, 6.45) is -7.35. The number of halogens is 5. The molecule has 1 aliphatic heterocycles. The Morgan fingerprint density at radius 3 is 2.32 bits per heavy atom. The summed E-state index contributed by atoms with van der Waals surface area (Å²) >= 11 is 0. The summed E-state index contributed by atoms with van der Waals surface area (Å²) in [5.74, 6) is -0.720. The number of ether oxygens (including phenoxy) is 1. The van der Waals surface area contributed by atoms with Gasteiger partial charge in [0.05, 0.1) is 5.56 Å². The molecule has 10 heteroatoms. The van der Waals surface area contributed by atoms with E-state index in [2.05, 4.69) is 4.74 Å². The molecule has 1 aromatic carbocycles. The van der Waals surface area contributed by atoms with Crippen LogP contribution >= 0.6 is 0 Å². The highest BCUT2D eigenvalue weighted by molar-refractivity contribution is 7.89. The Hall–Kier alpha value is -1.42. The Labute approximate surface area is 123 Å². The Morgan fingerprint density at radius 2 is 1.86 bits per heavy atom. The third-order valence-corrected chi connectivity index (χ3v) is 5.04. The van der Waals surface area contributed by atoms with Crippen LogP contribution in [-0.2, 0) is 16.2 Å². The van der Waals surface area contributed by atoms with Crippen molar-refractivity contribution in [1.82, 2.24) is 4.31 Å². The van der Waals surface area contributed by atoms with E-state index in [-0.39, 0.29) is 13.1 Å². The largest absolute Gasteiger partial charge is 0.486 e. The van der Waals surface area contributed by atoms with Gasteiger partial charge in [-0.25, -0.2) is 17.2 Å². The lowest BCUT2D eigenvalue weighted by Crippen LogP contribution is -2.42. The first-order valence-electron chi connectivity index (χ1n) is 6.25. The summed E-state index contributed by atoms with van der Waals surface area (Å²) in [6, 6.07) is 2.44. The molecule has 0 N–H and O–H groups in total. The Balaban J connectivity index is 2.55. The topological polar surface area (TPSA) is 46.6 Å². The minimum absolute atomic E-state index is 0.0861. The van der Waals surface area contributed by atoms with Gasteiger partial charge in [-0.3, -0.25) is 0 Å². The zero-order valence-electron chi connectivity index (χ0n) is 11.1. The molecule has 0 aliphatic carbocycles. The summed E-state index contributed by atoms with van der Waals surface area (Å²) < 4.78 is 93.6. The van der Waals surface area contributed by atoms with Gasteiger partial charge in [0.25, 0.3) is 6.43 Å². The maximum atomic E-state index is 13.1. The number of hydrogen-bond acceptors (Lipinski definition) is 3. The Bertz CT molecular complexity index is 641. The Kier molecular flexibility index (Phi) is 4.62. The van der Waals surface area contributed by atoms with Gasteiger partial charge in [0.1, 0.15) is 17.3 Å². The number of alkyl halides is 5. The normalized spacial score (nSPS) is 16.6. The molecule has 4 nitrogen and oxygen atoms in total. The molecule has 1 heterocycles. The molecule has 0 spiro atoms. The van der Waals surface area contributed by atoms with Gasteiger partial charge in [0.2, 0.25) is 10.0 Å². The van der Waals surface area contributed by atoms with Crippen molar-refractivity contribution >= 4 is 10.0 Å². The molecule has 0 bridgehead atoms. The van der Waals surface area contributed by atoms with Gasteiger partial charge in [-0.1, -0.05) is 6.07 Å². The molecule has 22 heavy (non-hydrogen) atoms. The molecule has 0 radical (unpaired) electrons. The molecular weight excluding hydrogens is 333 g/mol. The van der Waals surface area contributed by atoms with Gasteiger partial charge in [0, 0.05) is 13.1 Å². The number of nitrogens with zero attached hydrogens (tertiary/aromatic N) is 1. The molecule has 0 amide bonds. The van der Waals surface area contributed by atoms with Crippen molar-refractivity contribution in [3.63, 3.8) is 0 Å². The van der Waals surface area contributed by atoms with E-state index in [0.29, 0.717) is 12.5 Å². The fraction of sp³-hybridized carbons (Fsp3) is 0.500. The second-order valence-corrected chi connectivity index (χ2v) is 6.47. The summed E-state index contributed by atoms with van der Waals surface area (Å²) in [5, 5.41) is 0. The number of hydrogen-bond donors (Lipinski definition) is 0. The van der Waals surface area contributed by atoms with Gasteiger partial charge in [-0.05, 0) is 18.6 Å². The monoisotopic (exact) mass is 345 g/mol. The van der Waals surface area contributed by atoms with E-state index in [4.69, 9.17) is 0 Å². The van der Waals surface area contributed by atoms with Crippen molar-refractivity contribution in [2.75, 3.05) is 19.7 Å². The van der Waals surface area contributed by atoms with Gasteiger partial charge in [-0.15, -0.1) is 0 Å². The number of benzene rings is 1. The molecule has 0 atom stereocenters. The summed E-state index contributed by atoms with van der Waals surface area (Å²) in [4.78, 5) is -1.11. The van der Waals surface area contributed by atoms with E-state index in [1.54, 1.807) is 0 Å². The van der Waals surface area contributed by atoms with Gasteiger partial charge in [-0.2, -0.15) is 17.5 Å². The molecule has 0 unspecified atom stereocenters. The van der Waals surface area contributed by atoms with Crippen LogP contribution in [0.1, 0.15) is 12.0 Å². The van der Waals surface area contributed by atoms with Gasteiger partial charge < -0.3 is 4.74 Å². The highest BCUT2D eigenvalue weighted by Crippen LogP contribution is 2.40. The molecule has 1 fully saturated rings. The van der Waals surface area contributed by atoms with Crippen molar-refractivity contribution in [2.24, 2.45) is 0 Å². The minimum atomic E-state index is -4.95. The Morgan fingerprint density at radius 1 is 1.23 bits per heavy atom. The summed E-state index contributed by atoms with van der Waals surface area (Å²) in [7, 11) is -4.45. The fourth-order valence-electron chi connectivity index (χ4n) is 1.93. The molecule has 2 rings (SSSR count). The second kappa shape index (κ2) is 5.99. The molecular formula is C12H12F5NO3S. The van der Waals surface area contributed by atoms with Crippen LogP contribution in [0.25, 0.3) is 0 Å². The molecule has 1 aromatic rings. The average Bonchev–Trinajstić information content (AvgIpc) is 2.31.